The molecule has 1 aliphatic heterocycles. The number of fused-ring (bicyclic) bond motifs is 1. The summed E-state index contributed by atoms with van der Waals surface area (Å²) >= 11 is 0. The van der Waals surface area contributed by atoms with Gasteiger partial charge in [0.2, 0.25) is 0 Å². The Balaban J connectivity index is 2.25. The molecule has 0 amide bonds. The number of benzene rings is 1. The van der Waals surface area contributed by atoms with E-state index in [4.69, 9.17) is 0 Å². The highest BCUT2D eigenvalue weighted by Crippen LogP contribution is 2.79. The Labute approximate surface area is 133 Å². The molecule has 0 bridgehead atoms. The van der Waals surface area contributed by atoms with Crippen molar-refractivity contribution in [3.63, 3.8) is 0 Å². The summed E-state index contributed by atoms with van der Waals surface area (Å²) < 4.78 is 0.711. The summed E-state index contributed by atoms with van der Waals surface area (Å²) in [7, 11) is 0.305. The van der Waals surface area contributed by atoms with Crippen LogP contribution in [0.3, 0.4) is 0 Å². The van der Waals surface area contributed by atoms with Gasteiger partial charge in [0, 0.05) is 21.7 Å². The van der Waals surface area contributed by atoms with E-state index in [1.165, 1.54) is 0 Å². The van der Waals surface area contributed by atoms with Crippen LogP contribution in [0.5, 0.6) is 0 Å². The Morgan fingerprint density at radius 3 is 1.43 bits per heavy atom. The van der Waals surface area contributed by atoms with Gasteiger partial charge in [0.05, 0.1) is 0 Å². The Bertz CT molecular complexity index is 586. The number of allylic oxidation sites excluding steroid dienone is 2. The number of hydrogen-bond donors (Lipinski definition) is 0. The molecule has 0 radical (unpaired) electrons. The summed E-state index contributed by atoms with van der Waals surface area (Å²) in [6.07, 6.45) is 0. The van der Waals surface area contributed by atoms with Gasteiger partial charge in [-0.3, -0.25) is 0 Å². The van der Waals surface area contributed by atoms with Crippen LogP contribution in [0.15, 0.2) is 46.4 Å². The molecule has 1 fully saturated rings. The zero-order chi connectivity index (χ0) is 15.8. The van der Waals surface area contributed by atoms with E-state index in [0.29, 0.717) is 20.4 Å². The molecule has 1 heterocycles. The summed E-state index contributed by atoms with van der Waals surface area (Å²) in [4.78, 5) is 1.55. The SMILES string of the molecule is CC1=C(C)C(C)(C)C2(C)[S+](c3ccccc3)C2(C)C1(C)C. The van der Waals surface area contributed by atoms with Crippen molar-refractivity contribution < 1.29 is 0 Å². The molecule has 1 aromatic rings. The maximum absolute atomic E-state index is 2.54. The van der Waals surface area contributed by atoms with E-state index in [-0.39, 0.29) is 10.8 Å². The van der Waals surface area contributed by atoms with Crippen LogP contribution in [0.1, 0.15) is 55.4 Å². The van der Waals surface area contributed by atoms with Crippen LogP contribution in [0, 0.1) is 10.8 Å². The normalized spacial score (nSPS) is 39.9. The van der Waals surface area contributed by atoms with Crippen LogP contribution >= 0.6 is 0 Å². The maximum atomic E-state index is 2.54. The van der Waals surface area contributed by atoms with E-state index in [0.717, 1.165) is 0 Å². The summed E-state index contributed by atoms with van der Waals surface area (Å²) in [6, 6.07) is 11.2. The van der Waals surface area contributed by atoms with E-state index >= 15 is 0 Å². The van der Waals surface area contributed by atoms with Crippen molar-refractivity contribution in [2.45, 2.75) is 69.8 Å². The Kier molecular flexibility index (Phi) is 2.89. The van der Waals surface area contributed by atoms with Gasteiger partial charge >= 0.3 is 0 Å². The summed E-state index contributed by atoms with van der Waals surface area (Å²) in [5.41, 5.74) is 3.75. The quantitative estimate of drug-likeness (QED) is 0.360. The highest BCUT2D eigenvalue weighted by atomic mass is 32.2. The fourth-order valence-corrected chi connectivity index (χ4v) is 9.39. The van der Waals surface area contributed by atoms with Gasteiger partial charge in [0.1, 0.15) is 0 Å². The molecule has 1 aromatic carbocycles. The van der Waals surface area contributed by atoms with Crippen molar-refractivity contribution in [3.05, 3.63) is 41.5 Å². The molecular formula is C20H29S+. The number of rotatable bonds is 1. The van der Waals surface area contributed by atoms with Gasteiger partial charge < -0.3 is 0 Å². The first-order valence-electron chi connectivity index (χ1n) is 8.02. The second kappa shape index (κ2) is 3.98. The molecule has 0 nitrogen and oxygen atoms in total. The molecule has 2 aliphatic rings. The van der Waals surface area contributed by atoms with Gasteiger partial charge in [0.15, 0.2) is 14.4 Å². The summed E-state index contributed by atoms with van der Waals surface area (Å²) in [6.45, 7) is 19.7. The number of hydrogen-bond acceptors (Lipinski definition) is 0. The Morgan fingerprint density at radius 1 is 0.667 bits per heavy atom. The largest absolute Gasteiger partial charge is 0.190 e. The average molecular weight is 302 g/mol. The Morgan fingerprint density at radius 2 is 1.05 bits per heavy atom. The van der Waals surface area contributed by atoms with Gasteiger partial charge in [-0.15, -0.1) is 0 Å². The molecule has 21 heavy (non-hydrogen) atoms. The first-order chi connectivity index (χ1) is 9.54. The van der Waals surface area contributed by atoms with Crippen LogP contribution in [0.2, 0.25) is 0 Å². The molecule has 2 unspecified atom stereocenters. The van der Waals surface area contributed by atoms with Crippen LogP contribution in [0.4, 0.5) is 0 Å². The predicted molar refractivity (Wildman–Crippen MR) is 94.8 cm³/mol. The third kappa shape index (κ3) is 1.40. The summed E-state index contributed by atoms with van der Waals surface area (Å²) in [5.74, 6) is 0. The van der Waals surface area contributed by atoms with E-state index in [1.54, 1.807) is 16.0 Å². The lowest BCUT2D eigenvalue weighted by Crippen LogP contribution is -2.49. The fourth-order valence-electron chi connectivity index (χ4n) is 4.94. The first kappa shape index (κ1) is 15.2. The molecule has 0 spiro atoms. The van der Waals surface area contributed by atoms with Crippen molar-refractivity contribution in [2.24, 2.45) is 10.8 Å². The molecule has 0 saturated carbocycles. The van der Waals surface area contributed by atoms with Crippen molar-refractivity contribution in [3.8, 4) is 0 Å². The zero-order valence-electron chi connectivity index (χ0n) is 14.8. The smallest absolute Gasteiger partial charge is 0.0625 e. The highest BCUT2D eigenvalue weighted by molar-refractivity contribution is 8.07. The van der Waals surface area contributed by atoms with Gasteiger partial charge in [0.25, 0.3) is 0 Å². The van der Waals surface area contributed by atoms with Gasteiger partial charge in [-0.25, -0.2) is 0 Å². The highest BCUT2D eigenvalue weighted by Gasteiger charge is 2.94. The van der Waals surface area contributed by atoms with Crippen LogP contribution in [0.25, 0.3) is 0 Å². The zero-order valence-corrected chi connectivity index (χ0v) is 15.6. The van der Waals surface area contributed by atoms with Crippen LogP contribution in [-0.2, 0) is 10.9 Å². The van der Waals surface area contributed by atoms with Crippen molar-refractivity contribution >= 4 is 10.9 Å². The topological polar surface area (TPSA) is 0 Å². The monoisotopic (exact) mass is 301 g/mol. The first-order valence-corrected chi connectivity index (χ1v) is 9.25. The van der Waals surface area contributed by atoms with Crippen molar-refractivity contribution in [1.29, 1.82) is 0 Å². The molecule has 1 heteroatoms. The maximum Gasteiger partial charge on any atom is 0.190 e. The lowest BCUT2D eigenvalue weighted by molar-refractivity contribution is 0.199. The minimum absolute atomic E-state index is 0.264. The van der Waals surface area contributed by atoms with Crippen molar-refractivity contribution in [2.75, 3.05) is 0 Å². The third-order valence-electron chi connectivity index (χ3n) is 7.49. The van der Waals surface area contributed by atoms with E-state index < -0.39 is 0 Å². The molecule has 114 valence electrons. The molecule has 0 aromatic heterocycles. The van der Waals surface area contributed by atoms with E-state index in [2.05, 4.69) is 85.7 Å². The lowest BCUT2D eigenvalue weighted by Gasteiger charge is -2.43. The molecule has 2 atom stereocenters. The standard InChI is InChI=1S/C20H29S/c1-14-15(2)18(5,6)20(8)19(7,17(14,3)4)21(20)16-12-10-9-11-13-16/h9-13H,1-8H3/q+1. The van der Waals surface area contributed by atoms with Crippen LogP contribution in [-0.4, -0.2) is 9.49 Å². The van der Waals surface area contributed by atoms with Gasteiger partial charge in [-0.2, -0.15) is 0 Å². The third-order valence-corrected chi connectivity index (χ3v) is 11.5. The van der Waals surface area contributed by atoms with E-state index in [9.17, 15) is 0 Å². The minimum atomic E-state index is 0.264. The van der Waals surface area contributed by atoms with Gasteiger partial charge in [-0.1, -0.05) is 57.0 Å². The molecule has 3 rings (SSSR count). The second-order valence-electron chi connectivity index (χ2n) is 8.19. The average Bonchev–Trinajstić information content (AvgIpc) is 2.98. The fraction of sp³-hybridized carbons (Fsp3) is 0.600. The lowest BCUT2D eigenvalue weighted by atomic mass is 9.54. The minimum Gasteiger partial charge on any atom is -0.0625 e. The van der Waals surface area contributed by atoms with Crippen LogP contribution < -0.4 is 0 Å². The molecule has 1 saturated heterocycles. The van der Waals surface area contributed by atoms with Gasteiger partial charge in [-0.05, 0) is 39.8 Å². The predicted octanol–water partition coefficient (Wildman–Crippen LogP) is 5.60. The second-order valence-corrected chi connectivity index (χ2v) is 10.9. The summed E-state index contributed by atoms with van der Waals surface area (Å²) in [5, 5.41) is 0. The Hall–Kier alpha value is -0.690. The van der Waals surface area contributed by atoms with E-state index in [1.807, 2.05) is 0 Å². The molecule has 1 aliphatic carbocycles. The molecular weight excluding hydrogens is 272 g/mol. The van der Waals surface area contributed by atoms with Crippen molar-refractivity contribution in [1.82, 2.24) is 0 Å². The molecule has 0 N–H and O–H groups in total.